The minimum atomic E-state index is -0.168. The van der Waals surface area contributed by atoms with Crippen LogP contribution in [0.15, 0.2) is 65.6 Å². The number of amides is 1. The van der Waals surface area contributed by atoms with Gasteiger partial charge in [-0.15, -0.1) is 23.5 Å². The molecule has 4 heteroatoms. The third kappa shape index (κ3) is 1.93. The molecule has 106 valence electrons. The van der Waals surface area contributed by atoms with E-state index in [1.165, 1.54) is 10.5 Å². The number of benzene rings is 2. The van der Waals surface area contributed by atoms with Crippen molar-refractivity contribution in [3.05, 3.63) is 66.2 Å². The van der Waals surface area contributed by atoms with Crippen molar-refractivity contribution in [1.29, 1.82) is 0 Å². The summed E-state index contributed by atoms with van der Waals surface area (Å²) in [7, 11) is 0. The summed E-state index contributed by atoms with van der Waals surface area (Å²) in [5.41, 5.74) is 1.25. The highest BCUT2D eigenvalue weighted by Crippen LogP contribution is 2.59. The van der Waals surface area contributed by atoms with Crippen LogP contribution in [0.1, 0.15) is 5.56 Å². The number of thioether (sulfide) groups is 2. The molecular formula is C17H15NOS2. The van der Waals surface area contributed by atoms with E-state index in [2.05, 4.69) is 36.4 Å². The molecule has 2 aliphatic rings. The molecule has 2 aliphatic heterocycles. The smallest absolute Gasteiger partial charge is 0.241 e. The van der Waals surface area contributed by atoms with Crippen LogP contribution >= 0.6 is 23.5 Å². The Kier molecular flexibility index (Phi) is 3.23. The molecule has 1 amide bonds. The van der Waals surface area contributed by atoms with Crippen LogP contribution in [0.4, 0.5) is 0 Å². The zero-order valence-electron chi connectivity index (χ0n) is 11.4. The highest BCUT2D eigenvalue weighted by Gasteiger charge is 2.64. The minimum Gasteiger partial charge on any atom is -0.320 e. The van der Waals surface area contributed by atoms with Gasteiger partial charge in [0.2, 0.25) is 5.91 Å². The van der Waals surface area contributed by atoms with Gasteiger partial charge >= 0.3 is 0 Å². The predicted molar refractivity (Wildman–Crippen MR) is 88.4 cm³/mol. The maximum atomic E-state index is 12.5. The van der Waals surface area contributed by atoms with Crippen LogP contribution in [-0.2, 0) is 9.67 Å². The molecule has 2 fully saturated rings. The van der Waals surface area contributed by atoms with E-state index in [4.69, 9.17) is 0 Å². The van der Waals surface area contributed by atoms with E-state index in [0.717, 1.165) is 12.3 Å². The van der Waals surface area contributed by atoms with Crippen molar-refractivity contribution in [2.75, 3.05) is 12.3 Å². The molecule has 0 spiro atoms. The molecule has 2 heterocycles. The number of nitrogens with zero attached hydrogens (tertiary/aromatic N) is 1. The first-order chi connectivity index (χ1) is 10.3. The van der Waals surface area contributed by atoms with Crippen molar-refractivity contribution in [3.63, 3.8) is 0 Å². The maximum Gasteiger partial charge on any atom is 0.241 e. The second-order valence-electron chi connectivity index (χ2n) is 5.21. The summed E-state index contributed by atoms with van der Waals surface area (Å²) in [4.78, 5) is 15.6. The number of hydrogen-bond donors (Lipinski definition) is 0. The molecule has 2 aromatic carbocycles. The van der Waals surface area contributed by atoms with Crippen molar-refractivity contribution >= 4 is 29.4 Å². The first-order valence-corrected chi connectivity index (χ1v) is 8.91. The lowest BCUT2D eigenvalue weighted by Crippen LogP contribution is -2.66. The Morgan fingerprint density at radius 3 is 2.43 bits per heavy atom. The highest BCUT2D eigenvalue weighted by molar-refractivity contribution is 8.05. The molecule has 2 aromatic rings. The van der Waals surface area contributed by atoms with Gasteiger partial charge in [0.15, 0.2) is 0 Å². The van der Waals surface area contributed by atoms with E-state index in [0.29, 0.717) is 0 Å². The fourth-order valence-corrected chi connectivity index (χ4v) is 6.17. The molecular weight excluding hydrogens is 298 g/mol. The SMILES string of the molecule is O=C1[C@@H](Sc2ccccc2)[C@]2(c3ccccc3)SCCN12. The van der Waals surface area contributed by atoms with Gasteiger partial charge in [0.25, 0.3) is 0 Å². The number of hydrogen-bond acceptors (Lipinski definition) is 3. The fraction of sp³-hybridized carbons (Fsp3) is 0.235. The van der Waals surface area contributed by atoms with Gasteiger partial charge in [-0.1, -0.05) is 48.5 Å². The molecule has 0 bridgehead atoms. The molecule has 2 saturated heterocycles. The lowest BCUT2D eigenvalue weighted by Gasteiger charge is -2.52. The molecule has 0 saturated carbocycles. The zero-order valence-corrected chi connectivity index (χ0v) is 13.1. The van der Waals surface area contributed by atoms with Gasteiger partial charge in [-0.3, -0.25) is 4.79 Å². The Morgan fingerprint density at radius 1 is 1.05 bits per heavy atom. The van der Waals surface area contributed by atoms with Crippen LogP contribution in [0.25, 0.3) is 0 Å². The molecule has 0 N–H and O–H groups in total. The van der Waals surface area contributed by atoms with Crippen molar-refractivity contribution in [1.82, 2.24) is 4.90 Å². The monoisotopic (exact) mass is 313 g/mol. The first-order valence-electron chi connectivity index (χ1n) is 7.05. The second kappa shape index (κ2) is 5.11. The number of fused-ring (bicyclic) bond motifs is 1. The standard InChI is InChI=1S/C17H15NOS2/c19-16-15(21-14-9-5-2-6-10-14)17(18(16)11-12-20-17)13-7-3-1-4-8-13/h1-10,15H,11-12H2/t15-,17+/m1/s1. The molecule has 0 unspecified atom stereocenters. The number of carbonyl (C=O) groups excluding carboxylic acids is 1. The van der Waals surface area contributed by atoms with E-state index in [9.17, 15) is 4.79 Å². The largest absolute Gasteiger partial charge is 0.320 e. The molecule has 21 heavy (non-hydrogen) atoms. The Morgan fingerprint density at radius 2 is 1.71 bits per heavy atom. The van der Waals surface area contributed by atoms with Gasteiger partial charge in [-0.2, -0.15) is 0 Å². The molecule has 0 radical (unpaired) electrons. The van der Waals surface area contributed by atoms with E-state index in [1.807, 2.05) is 40.9 Å². The fourth-order valence-electron chi connectivity index (χ4n) is 3.10. The Hall–Kier alpha value is -1.39. The quantitative estimate of drug-likeness (QED) is 0.808. The summed E-state index contributed by atoms with van der Waals surface area (Å²) in [5.74, 6) is 1.30. The average molecular weight is 313 g/mol. The van der Waals surface area contributed by atoms with Crippen LogP contribution < -0.4 is 0 Å². The van der Waals surface area contributed by atoms with Crippen LogP contribution in [0.3, 0.4) is 0 Å². The lowest BCUT2D eigenvalue weighted by atomic mass is 9.92. The normalized spacial score (nSPS) is 27.3. The Labute approximate surface area is 132 Å². The van der Waals surface area contributed by atoms with E-state index in [1.54, 1.807) is 11.8 Å². The summed E-state index contributed by atoms with van der Waals surface area (Å²) in [6.07, 6.45) is 0. The molecule has 0 aliphatic carbocycles. The van der Waals surface area contributed by atoms with E-state index in [-0.39, 0.29) is 16.0 Å². The topological polar surface area (TPSA) is 20.3 Å². The van der Waals surface area contributed by atoms with E-state index < -0.39 is 0 Å². The van der Waals surface area contributed by atoms with Crippen LogP contribution in [-0.4, -0.2) is 28.4 Å². The van der Waals surface area contributed by atoms with Crippen molar-refractivity contribution < 1.29 is 4.79 Å². The molecule has 4 rings (SSSR count). The third-order valence-corrected chi connectivity index (χ3v) is 7.06. The van der Waals surface area contributed by atoms with Gasteiger partial charge in [-0.25, -0.2) is 0 Å². The zero-order chi connectivity index (χ0) is 14.3. The van der Waals surface area contributed by atoms with Crippen LogP contribution in [0.5, 0.6) is 0 Å². The van der Waals surface area contributed by atoms with Gasteiger partial charge in [0.05, 0.1) is 0 Å². The van der Waals surface area contributed by atoms with Crippen molar-refractivity contribution in [3.8, 4) is 0 Å². The lowest BCUT2D eigenvalue weighted by molar-refractivity contribution is -0.146. The summed E-state index contributed by atoms with van der Waals surface area (Å²) >= 11 is 3.60. The number of carbonyl (C=O) groups is 1. The van der Waals surface area contributed by atoms with Gasteiger partial charge in [0.1, 0.15) is 10.1 Å². The summed E-state index contributed by atoms with van der Waals surface area (Å²) in [6, 6.07) is 20.7. The number of β-lactam (4-membered cyclic amide) rings is 1. The van der Waals surface area contributed by atoms with Gasteiger partial charge in [0, 0.05) is 17.2 Å². The third-order valence-electron chi connectivity index (χ3n) is 4.07. The predicted octanol–water partition coefficient (Wildman–Crippen LogP) is 3.59. The highest BCUT2D eigenvalue weighted by atomic mass is 32.2. The number of rotatable bonds is 3. The van der Waals surface area contributed by atoms with E-state index >= 15 is 0 Å². The summed E-state index contributed by atoms with van der Waals surface area (Å²) in [5, 5.41) is -0.0187. The molecule has 2 atom stereocenters. The van der Waals surface area contributed by atoms with Crippen LogP contribution in [0, 0.1) is 0 Å². The Bertz CT molecular complexity index is 661. The van der Waals surface area contributed by atoms with Gasteiger partial charge in [-0.05, 0) is 17.7 Å². The molecule has 2 nitrogen and oxygen atoms in total. The summed E-state index contributed by atoms with van der Waals surface area (Å²) < 4.78 is 0. The first kappa shape index (κ1) is 13.3. The average Bonchev–Trinajstić information content (AvgIpc) is 2.95. The van der Waals surface area contributed by atoms with Crippen molar-refractivity contribution in [2.24, 2.45) is 0 Å². The van der Waals surface area contributed by atoms with Crippen LogP contribution in [0.2, 0.25) is 0 Å². The summed E-state index contributed by atoms with van der Waals surface area (Å²) in [6.45, 7) is 0.865. The Balaban J connectivity index is 1.71. The second-order valence-corrected chi connectivity index (χ2v) is 7.71. The van der Waals surface area contributed by atoms with Crippen molar-refractivity contribution in [2.45, 2.75) is 15.0 Å². The van der Waals surface area contributed by atoms with Gasteiger partial charge < -0.3 is 4.90 Å². The molecule has 0 aromatic heterocycles. The minimum absolute atomic E-state index is 0.0187. The maximum absolute atomic E-state index is 12.5.